The fraction of sp³-hybridized carbons (Fsp3) is 0.348. The van der Waals surface area contributed by atoms with E-state index in [0.29, 0.717) is 30.6 Å². The molecule has 6 nitrogen and oxygen atoms in total. The van der Waals surface area contributed by atoms with Crippen molar-refractivity contribution in [3.05, 3.63) is 60.3 Å². The molecule has 0 aliphatic carbocycles. The number of para-hydroxylation sites is 2. The molecule has 1 aliphatic rings. The summed E-state index contributed by atoms with van der Waals surface area (Å²) in [5, 5.41) is 0. The summed E-state index contributed by atoms with van der Waals surface area (Å²) < 4.78 is 11.6. The van der Waals surface area contributed by atoms with Crippen molar-refractivity contribution in [1.29, 1.82) is 0 Å². The highest BCUT2D eigenvalue weighted by Crippen LogP contribution is 2.20. The quantitative estimate of drug-likeness (QED) is 0.639. The van der Waals surface area contributed by atoms with Crippen molar-refractivity contribution in [2.24, 2.45) is 0 Å². The Kier molecular flexibility index (Phi) is 5.60. The normalized spacial score (nSPS) is 16.4. The SMILES string of the molecule is CC(C)c1ccc(OCC(=O)N2CCC(Oc3cnc4ccccc4n3)C2)cc1. The van der Waals surface area contributed by atoms with Crippen LogP contribution in [0.5, 0.6) is 11.6 Å². The maximum atomic E-state index is 12.5. The summed E-state index contributed by atoms with van der Waals surface area (Å²) in [6.07, 6.45) is 2.32. The minimum absolute atomic E-state index is 0.0313. The lowest BCUT2D eigenvalue weighted by atomic mass is 10.0. The number of hydrogen-bond acceptors (Lipinski definition) is 5. The van der Waals surface area contributed by atoms with Gasteiger partial charge in [0.05, 0.1) is 23.8 Å². The van der Waals surface area contributed by atoms with Gasteiger partial charge in [0.2, 0.25) is 5.88 Å². The van der Waals surface area contributed by atoms with E-state index in [2.05, 4.69) is 23.8 Å². The lowest BCUT2D eigenvalue weighted by Gasteiger charge is -2.17. The highest BCUT2D eigenvalue weighted by atomic mass is 16.5. The predicted molar refractivity (Wildman–Crippen MR) is 111 cm³/mol. The summed E-state index contributed by atoms with van der Waals surface area (Å²) in [6, 6.07) is 15.6. The summed E-state index contributed by atoms with van der Waals surface area (Å²) in [7, 11) is 0. The number of hydrogen-bond donors (Lipinski definition) is 0. The number of nitrogens with zero attached hydrogens (tertiary/aromatic N) is 3. The van der Waals surface area contributed by atoms with Crippen LogP contribution in [0.25, 0.3) is 11.0 Å². The first-order valence-corrected chi connectivity index (χ1v) is 9.97. The van der Waals surface area contributed by atoms with Crippen LogP contribution in [0, 0.1) is 0 Å². The summed E-state index contributed by atoms with van der Waals surface area (Å²) in [4.78, 5) is 23.1. The fourth-order valence-electron chi connectivity index (χ4n) is 3.40. The Balaban J connectivity index is 1.28. The maximum Gasteiger partial charge on any atom is 0.260 e. The lowest BCUT2D eigenvalue weighted by Crippen LogP contribution is -2.34. The minimum atomic E-state index is -0.0836. The van der Waals surface area contributed by atoms with E-state index in [-0.39, 0.29) is 18.6 Å². The van der Waals surface area contributed by atoms with E-state index in [0.717, 1.165) is 17.5 Å². The highest BCUT2D eigenvalue weighted by molar-refractivity contribution is 5.78. The summed E-state index contributed by atoms with van der Waals surface area (Å²) in [5.41, 5.74) is 2.88. The molecule has 0 saturated carbocycles. The number of rotatable bonds is 6. The highest BCUT2D eigenvalue weighted by Gasteiger charge is 2.28. The fourth-order valence-corrected chi connectivity index (χ4v) is 3.40. The van der Waals surface area contributed by atoms with E-state index in [9.17, 15) is 4.79 Å². The van der Waals surface area contributed by atoms with Gasteiger partial charge in [-0.3, -0.25) is 4.79 Å². The molecule has 150 valence electrons. The van der Waals surface area contributed by atoms with Crippen LogP contribution >= 0.6 is 0 Å². The van der Waals surface area contributed by atoms with Crippen LogP contribution in [-0.4, -0.2) is 46.6 Å². The Morgan fingerprint density at radius 2 is 1.90 bits per heavy atom. The van der Waals surface area contributed by atoms with E-state index in [1.165, 1.54) is 5.56 Å². The second-order valence-electron chi connectivity index (χ2n) is 7.58. The van der Waals surface area contributed by atoms with Crippen LogP contribution in [0.3, 0.4) is 0 Å². The molecule has 1 fully saturated rings. The third kappa shape index (κ3) is 4.65. The van der Waals surface area contributed by atoms with Gasteiger partial charge >= 0.3 is 0 Å². The number of likely N-dealkylation sites (tertiary alicyclic amines) is 1. The smallest absolute Gasteiger partial charge is 0.260 e. The topological polar surface area (TPSA) is 64.5 Å². The Bertz CT molecular complexity index is 988. The van der Waals surface area contributed by atoms with Gasteiger partial charge in [-0.1, -0.05) is 38.1 Å². The molecule has 1 saturated heterocycles. The van der Waals surface area contributed by atoms with Crippen molar-refractivity contribution in [2.45, 2.75) is 32.3 Å². The van der Waals surface area contributed by atoms with Crippen molar-refractivity contribution in [3.63, 3.8) is 0 Å². The molecule has 29 heavy (non-hydrogen) atoms. The number of aromatic nitrogens is 2. The maximum absolute atomic E-state index is 12.5. The van der Waals surface area contributed by atoms with Crippen molar-refractivity contribution < 1.29 is 14.3 Å². The molecule has 1 amide bonds. The van der Waals surface area contributed by atoms with E-state index in [4.69, 9.17) is 9.47 Å². The zero-order valence-electron chi connectivity index (χ0n) is 16.7. The number of carbonyl (C=O) groups is 1. The van der Waals surface area contributed by atoms with Crippen LogP contribution in [-0.2, 0) is 4.79 Å². The van der Waals surface area contributed by atoms with E-state index in [1.54, 1.807) is 11.1 Å². The van der Waals surface area contributed by atoms with Crippen molar-refractivity contribution in [1.82, 2.24) is 14.9 Å². The van der Waals surface area contributed by atoms with Crippen LogP contribution < -0.4 is 9.47 Å². The molecule has 1 unspecified atom stereocenters. The van der Waals surface area contributed by atoms with Crippen molar-refractivity contribution in [2.75, 3.05) is 19.7 Å². The number of ether oxygens (including phenoxy) is 2. The van der Waals surface area contributed by atoms with Crippen molar-refractivity contribution >= 4 is 16.9 Å². The first-order valence-electron chi connectivity index (χ1n) is 9.97. The molecule has 1 aliphatic heterocycles. The molecule has 3 aromatic rings. The summed E-state index contributed by atoms with van der Waals surface area (Å²) in [6.45, 7) is 5.51. The first-order chi connectivity index (χ1) is 14.1. The zero-order valence-corrected chi connectivity index (χ0v) is 16.7. The van der Waals surface area contributed by atoms with Gasteiger partial charge in [-0.2, -0.15) is 0 Å². The van der Waals surface area contributed by atoms with E-state index >= 15 is 0 Å². The average Bonchev–Trinajstić information content (AvgIpc) is 3.21. The van der Waals surface area contributed by atoms with Crippen LogP contribution in [0.2, 0.25) is 0 Å². The molecular formula is C23H25N3O3. The monoisotopic (exact) mass is 391 g/mol. The Morgan fingerprint density at radius 1 is 1.14 bits per heavy atom. The molecule has 2 aromatic carbocycles. The zero-order chi connectivity index (χ0) is 20.2. The van der Waals surface area contributed by atoms with Gasteiger partial charge in [-0.15, -0.1) is 0 Å². The third-order valence-electron chi connectivity index (χ3n) is 5.12. The summed E-state index contributed by atoms with van der Waals surface area (Å²) in [5.74, 6) is 1.64. The Hall–Kier alpha value is -3.15. The van der Waals surface area contributed by atoms with Crippen molar-refractivity contribution in [3.8, 4) is 11.6 Å². The second kappa shape index (κ2) is 8.47. The predicted octanol–water partition coefficient (Wildman–Crippen LogP) is 3.81. The van der Waals surface area contributed by atoms with Gasteiger partial charge in [-0.25, -0.2) is 9.97 Å². The third-order valence-corrected chi connectivity index (χ3v) is 5.12. The molecule has 2 heterocycles. The van der Waals surface area contributed by atoms with Gasteiger partial charge in [0, 0.05) is 13.0 Å². The molecule has 0 bridgehead atoms. The average molecular weight is 391 g/mol. The van der Waals surface area contributed by atoms with Gasteiger partial charge in [0.15, 0.2) is 6.61 Å². The first kappa shape index (κ1) is 19.2. The standard InChI is InChI=1S/C23H25N3O3/c1-16(2)17-7-9-18(10-8-17)28-15-23(27)26-12-11-19(14-26)29-22-13-24-20-5-3-4-6-21(20)25-22/h3-10,13,16,19H,11-12,14-15H2,1-2H3. The summed E-state index contributed by atoms with van der Waals surface area (Å²) >= 11 is 0. The Labute approximate surface area is 170 Å². The van der Waals surface area contributed by atoms with E-state index in [1.807, 2.05) is 48.5 Å². The molecule has 0 spiro atoms. The van der Waals surface area contributed by atoms with Gasteiger partial charge in [0.25, 0.3) is 5.91 Å². The molecular weight excluding hydrogens is 366 g/mol. The number of carbonyl (C=O) groups excluding carboxylic acids is 1. The van der Waals surface area contributed by atoms with Crippen LogP contribution in [0.4, 0.5) is 0 Å². The minimum Gasteiger partial charge on any atom is -0.484 e. The molecule has 4 rings (SSSR count). The molecule has 1 atom stereocenters. The number of amides is 1. The van der Waals surface area contributed by atoms with Gasteiger partial charge in [0.1, 0.15) is 11.9 Å². The second-order valence-corrected chi connectivity index (χ2v) is 7.58. The molecule has 0 radical (unpaired) electrons. The van der Waals surface area contributed by atoms with Crippen LogP contribution in [0.15, 0.2) is 54.7 Å². The largest absolute Gasteiger partial charge is 0.484 e. The number of benzene rings is 2. The van der Waals surface area contributed by atoms with E-state index < -0.39 is 0 Å². The number of fused-ring (bicyclic) bond motifs is 1. The lowest BCUT2D eigenvalue weighted by molar-refractivity contribution is -0.132. The van der Waals surface area contributed by atoms with Crippen LogP contribution in [0.1, 0.15) is 31.7 Å². The Morgan fingerprint density at radius 3 is 2.66 bits per heavy atom. The molecule has 0 N–H and O–H groups in total. The van der Waals surface area contributed by atoms with Gasteiger partial charge < -0.3 is 14.4 Å². The molecule has 1 aromatic heterocycles. The molecule has 6 heteroatoms. The van der Waals surface area contributed by atoms with Gasteiger partial charge in [-0.05, 0) is 35.7 Å².